The molecule has 3 heterocycles. The summed E-state index contributed by atoms with van der Waals surface area (Å²) in [5.41, 5.74) is 0. The average molecular weight is 181 g/mol. The van der Waals surface area contributed by atoms with Crippen LogP contribution < -0.4 is 10.6 Å². The van der Waals surface area contributed by atoms with Crippen molar-refractivity contribution in [1.82, 2.24) is 15.5 Å². The second-order valence-electron chi connectivity index (χ2n) is 4.73. The van der Waals surface area contributed by atoms with Gasteiger partial charge in [0.2, 0.25) is 0 Å². The molecule has 0 aliphatic carbocycles. The molecule has 3 saturated heterocycles. The van der Waals surface area contributed by atoms with Gasteiger partial charge in [-0.05, 0) is 19.3 Å². The zero-order valence-electron chi connectivity index (χ0n) is 8.13. The Balaban J connectivity index is 1.64. The molecule has 0 aromatic heterocycles. The Kier molecular flexibility index (Phi) is 2.04. The number of nitrogens with zero attached hydrogens (tertiary/aromatic N) is 1. The maximum atomic E-state index is 3.72. The summed E-state index contributed by atoms with van der Waals surface area (Å²) in [6.45, 7) is 5.05. The molecule has 2 N–H and O–H groups in total. The monoisotopic (exact) mass is 181 g/mol. The predicted molar refractivity (Wildman–Crippen MR) is 52.8 cm³/mol. The topological polar surface area (TPSA) is 27.3 Å². The lowest BCUT2D eigenvalue weighted by atomic mass is 10.0. The molecule has 2 unspecified atom stereocenters. The first-order valence-corrected chi connectivity index (χ1v) is 5.62. The molecule has 0 aromatic carbocycles. The molecule has 0 amide bonds. The molecular formula is C10H19N3. The van der Waals surface area contributed by atoms with E-state index in [9.17, 15) is 0 Å². The van der Waals surface area contributed by atoms with Crippen molar-refractivity contribution in [2.75, 3.05) is 26.2 Å². The highest BCUT2D eigenvalue weighted by Gasteiger charge is 2.33. The quantitative estimate of drug-likeness (QED) is 0.586. The minimum Gasteiger partial charge on any atom is -0.314 e. The van der Waals surface area contributed by atoms with E-state index < -0.39 is 0 Å². The molecule has 74 valence electrons. The third-order valence-corrected chi connectivity index (χ3v) is 3.83. The summed E-state index contributed by atoms with van der Waals surface area (Å²) in [6.07, 6.45) is 4.19. The van der Waals surface area contributed by atoms with Gasteiger partial charge in [0.1, 0.15) is 0 Å². The largest absolute Gasteiger partial charge is 0.314 e. The van der Waals surface area contributed by atoms with Crippen LogP contribution in [0.1, 0.15) is 19.3 Å². The molecule has 3 rings (SSSR count). The molecule has 3 fully saturated rings. The second-order valence-corrected chi connectivity index (χ2v) is 4.73. The van der Waals surface area contributed by atoms with Crippen molar-refractivity contribution in [1.29, 1.82) is 0 Å². The van der Waals surface area contributed by atoms with Crippen LogP contribution in [-0.4, -0.2) is 49.2 Å². The van der Waals surface area contributed by atoms with E-state index in [1.54, 1.807) is 0 Å². The van der Waals surface area contributed by atoms with Gasteiger partial charge in [-0.1, -0.05) is 0 Å². The van der Waals surface area contributed by atoms with Gasteiger partial charge in [0.05, 0.1) is 0 Å². The predicted octanol–water partition coefficient (Wildman–Crippen LogP) is -0.215. The van der Waals surface area contributed by atoms with Crippen molar-refractivity contribution in [3.05, 3.63) is 0 Å². The summed E-state index contributed by atoms with van der Waals surface area (Å²) in [7, 11) is 0. The van der Waals surface area contributed by atoms with Crippen LogP contribution in [0.25, 0.3) is 0 Å². The van der Waals surface area contributed by atoms with Gasteiger partial charge in [-0.25, -0.2) is 0 Å². The Morgan fingerprint density at radius 3 is 2.62 bits per heavy atom. The maximum Gasteiger partial charge on any atom is 0.0346 e. The smallest absolute Gasteiger partial charge is 0.0346 e. The lowest BCUT2D eigenvalue weighted by Crippen LogP contribution is -2.58. The second kappa shape index (κ2) is 3.23. The van der Waals surface area contributed by atoms with E-state index in [4.69, 9.17) is 0 Å². The normalized spacial score (nSPS) is 41.5. The number of hydrogen-bond acceptors (Lipinski definition) is 3. The first-order chi connectivity index (χ1) is 6.42. The van der Waals surface area contributed by atoms with E-state index in [0.29, 0.717) is 0 Å². The van der Waals surface area contributed by atoms with Crippen LogP contribution in [0.15, 0.2) is 0 Å². The van der Waals surface area contributed by atoms with E-state index in [0.717, 1.165) is 18.1 Å². The number of hydrogen-bond donors (Lipinski definition) is 2. The number of likely N-dealkylation sites (tertiary alicyclic amines) is 1. The third-order valence-electron chi connectivity index (χ3n) is 3.83. The molecule has 2 bridgehead atoms. The molecule has 0 spiro atoms. The Hall–Kier alpha value is -0.120. The molecule has 3 aliphatic heterocycles. The van der Waals surface area contributed by atoms with Crippen molar-refractivity contribution < 1.29 is 0 Å². The van der Waals surface area contributed by atoms with Gasteiger partial charge in [-0.3, -0.25) is 4.90 Å². The highest BCUT2D eigenvalue weighted by molar-refractivity contribution is 4.94. The zero-order chi connectivity index (χ0) is 8.67. The van der Waals surface area contributed by atoms with Crippen molar-refractivity contribution in [2.24, 2.45) is 0 Å². The molecular weight excluding hydrogens is 162 g/mol. The fraction of sp³-hybridized carbons (Fsp3) is 1.00. The molecule has 13 heavy (non-hydrogen) atoms. The number of rotatable bonds is 1. The van der Waals surface area contributed by atoms with E-state index >= 15 is 0 Å². The van der Waals surface area contributed by atoms with E-state index in [1.807, 2.05) is 0 Å². The van der Waals surface area contributed by atoms with Gasteiger partial charge in [0.15, 0.2) is 0 Å². The summed E-state index contributed by atoms with van der Waals surface area (Å²) in [5, 5.41) is 7.08. The fourth-order valence-corrected chi connectivity index (χ4v) is 2.83. The van der Waals surface area contributed by atoms with Crippen LogP contribution in [0, 0.1) is 0 Å². The molecule has 0 aromatic rings. The number of fused-ring (bicyclic) bond motifs is 2. The van der Waals surface area contributed by atoms with Gasteiger partial charge in [0.25, 0.3) is 0 Å². The van der Waals surface area contributed by atoms with Crippen molar-refractivity contribution >= 4 is 0 Å². The molecule has 3 heteroatoms. The van der Waals surface area contributed by atoms with Crippen molar-refractivity contribution in [3.63, 3.8) is 0 Å². The van der Waals surface area contributed by atoms with E-state index in [2.05, 4.69) is 15.5 Å². The Bertz CT molecular complexity index is 191. The first-order valence-electron chi connectivity index (χ1n) is 5.62. The van der Waals surface area contributed by atoms with Gasteiger partial charge in [0, 0.05) is 44.3 Å². The SMILES string of the molecule is C1CC2CN(C3CNC3)CCC1N2. The fourth-order valence-electron chi connectivity index (χ4n) is 2.83. The molecule has 0 saturated carbocycles. The summed E-state index contributed by atoms with van der Waals surface area (Å²) < 4.78 is 0. The third kappa shape index (κ3) is 1.49. The summed E-state index contributed by atoms with van der Waals surface area (Å²) in [5.74, 6) is 0. The minimum absolute atomic E-state index is 0.799. The Labute approximate surface area is 79.9 Å². The zero-order valence-corrected chi connectivity index (χ0v) is 8.13. The highest BCUT2D eigenvalue weighted by atomic mass is 15.3. The molecule has 0 radical (unpaired) electrons. The summed E-state index contributed by atoms with van der Waals surface area (Å²) in [4.78, 5) is 2.69. The van der Waals surface area contributed by atoms with Crippen LogP contribution in [0.4, 0.5) is 0 Å². The van der Waals surface area contributed by atoms with Gasteiger partial charge in [-0.15, -0.1) is 0 Å². The van der Waals surface area contributed by atoms with Gasteiger partial charge < -0.3 is 10.6 Å². The summed E-state index contributed by atoms with van der Waals surface area (Å²) >= 11 is 0. The van der Waals surface area contributed by atoms with Gasteiger partial charge in [-0.2, -0.15) is 0 Å². The van der Waals surface area contributed by atoms with Crippen LogP contribution in [-0.2, 0) is 0 Å². The molecule has 3 aliphatic rings. The highest BCUT2D eigenvalue weighted by Crippen LogP contribution is 2.22. The van der Waals surface area contributed by atoms with Crippen LogP contribution >= 0.6 is 0 Å². The van der Waals surface area contributed by atoms with Crippen molar-refractivity contribution in [2.45, 2.75) is 37.4 Å². The van der Waals surface area contributed by atoms with Crippen molar-refractivity contribution in [3.8, 4) is 0 Å². The van der Waals surface area contributed by atoms with Crippen LogP contribution in [0.2, 0.25) is 0 Å². The van der Waals surface area contributed by atoms with E-state index in [-0.39, 0.29) is 0 Å². The first kappa shape index (κ1) is 8.21. The molecule has 2 atom stereocenters. The van der Waals surface area contributed by atoms with Crippen LogP contribution in [0.5, 0.6) is 0 Å². The maximum absolute atomic E-state index is 3.72. The standard InChI is InChI=1S/C10H19N3/c1-2-9-7-13(10-5-11-6-10)4-3-8(1)12-9/h8-12H,1-7H2. The Morgan fingerprint density at radius 2 is 1.85 bits per heavy atom. The Morgan fingerprint density at radius 1 is 1.00 bits per heavy atom. The average Bonchev–Trinajstić information content (AvgIpc) is 2.33. The van der Waals surface area contributed by atoms with Gasteiger partial charge >= 0.3 is 0 Å². The lowest BCUT2D eigenvalue weighted by molar-refractivity contribution is 0.139. The molecule has 3 nitrogen and oxygen atoms in total. The minimum atomic E-state index is 0.799. The summed E-state index contributed by atoms with van der Waals surface area (Å²) in [6, 6.07) is 2.48. The lowest BCUT2D eigenvalue weighted by Gasteiger charge is -2.39. The van der Waals surface area contributed by atoms with E-state index in [1.165, 1.54) is 45.4 Å². The van der Waals surface area contributed by atoms with Crippen LogP contribution in [0.3, 0.4) is 0 Å². The number of nitrogens with one attached hydrogen (secondary N) is 2.